The van der Waals surface area contributed by atoms with Crippen molar-refractivity contribution in [3.8, 4) is 5.75 Å². The number of benzene rings is 1. The Hall–Kier alpha value is -2.04. The number of ether oxygens (including phenoxy) is 1. The number of hydrogen-bond acceptors (Lipinski definition) is 4. The number of amides is 1. The standard InChI is InChI=1S/C12H13NO4/c14-11(15)10-7-4-8-13(10)12(16)17-9-5-2-1-3-6-9/h1-3,5-6,10H,4,7-8H2,(H,14,15)/p-1/t10-/m0/s1. The second-order valence-corrected chi connectivity index (χ2v) is 3.85. The smallest absolute Gasteiger partial charge is 0.415 e. The third kappa shape index (κ3) is 2.55. The molecule has 0 bridgehead atoms. The highest BCUT2D eigenvalue weighted by atomic mass is 16.6. The molecule has 1 amide bonds. The monoisotopic (exact) mass is 234 g/mol. The van der Waals surface area contributed by atoms with Gasteiger partial charge in [0, 0.05) is 6.54 Å². The molecule has 0 N–H and O–H groups in total. The van der Waals surface area contributed by atoms with E-state index >= 15 is 0 Å². The molecule has 0 saturated carbocycles. The SMILES string of the molecule is O=C([O-])[C@@H]1CCCN1C(=O)Oc1ccccc1. The minimum Gasteiger partial charge on any atom is -0.548 e. The summed E-state index contributed by atoms with van der Waals surface area (Å²) in [5.41, 5.74) is 0. The first kappa shape index (κ1) is 11.4. The zero-order valence-electron chi connectivity index (χ0n) is 9.17. The summed E-state index contributed by atoms with van der Waals surface area (Å²) in [5, 5.41) is 10.8. The van der Waals surface area contributed by atoms with Crippen LogP contribution in [0.25, 0.3) is 0 Å². The van der Waals surface area contributed by atoms with Crippen LogP contribution in [-0.2, 0) is 4.79 Å². The predicted molar refractivity (Wildman–Crippen MR) is 57.2 cm³/mol. The zero-order chi connectivity index (χ0) is 12.3. The van der Waals surface area contributed by atoms with Crippen LogP contribution in [-0.4, -0.2) is 29.5 Å². The predicted octanol–water partition coefficient (Wildman–Crippen LogP) is 0.400. The van der Waals surface area contributed by atoms with Crippen LogP contribution in [0.5, 0.6) is 5.75 Å². The molecule has 1 atom stereocenters. The molecule has 5 nitrogen and oxygen atoms in total. The fraction of sp³-hybridized carbons (Fsp3) is 0.333. The van der Waals surface area contributed by atoms with E-state index in [0.29, 0.717) is 25.1 Å². The first-order chi connectivity index (χ1) is 8.18. The lowest BCUT2D eigenvalue weighted by atomic mass is 10.2. The van der Waals surface area contributed by atoms with Gasteiger partial charge in [0.05, 0.1) is 12.0 Å². The van der Waals surface area contributed by atoms with Gasteiger partial charge in [0.25, 0.3) is 0 Å². The first-order valence-corrected chi connectivity index (χ1v) is 5.43. The van der Waals surface area contributed by atoms with Gasteiger partial charge in [0.2, 0.25) is 0 Å². The Bertz CT molecular complexity index is 418. The highest BCUT2D eigenvalue weighted by molar-refractivity contribution is 5.80. The van der Waals surface area contributed by atoms with E-state index in [-0.39, 0.29) is 0 Å². The quantitative estimate of drug-likeness (QED) is 0.742. The van der Waals surface area contributed by atoms with Gasteiger partial charge in [-0.25, -0.2) is 4.79 Å². The molecule has 1 saturated heterocycles. The van der Waals surface area contributed by atoms with Gasteiger partial charge in [-0.2, -0.15) is 0 Å². The topological polar surface area (TPSA) is 69.7 Å². The van der Waals surface area contributed by atoms with E-state index in [2.05, 4.69) is 0 Å². The molecule has 2 rings (SSSR count). The molecule has 17 heavy (non-hydrogen) atoms. The third-order valence-corrected chi connectivity index (χ3v) is 2.71. The Kier molecular flexibility index (Phi) is 3.27. The minimum absolute atomic E-state index is 0.393. The molecular formula is C12H12NO4-. The number of carbonyl (C=O) groups is 2. The number of rotatable bonds is 2. The average molecular weight is 234 g/mol. The van der Waals surface area contributed by atoms with Crippen molar-refractivity contribution in [2.24, 2.45) is 0 Å². The number of carboxylic acids is 1. The lowest BCUT2D eigenvalue weighted by Gasteiger charge is -2.24. The van der Waals surface area contributed by atoms with Gasteiger partial charge < -0.3 is 14.6 Å². The molecule has 90 valence electrons. The Morgan fingerprint density at radius 2 is 2.00 bits per heavy atom. The zero-order valence-corrected chi connectivity index (χ0v) is 9.17. The molecule has 1 aromatic carbocycles. The molecule has 0 aliphatic carbocycles. The molecule has 1 aromatic rings. The molecular weight excluding hydrogens is 222 g/mol. The van der Waals surface area contributed by atoms with Crippen LogP contribution in [0.4, 0.5) is 4.79 Å². The second-order valence-electron chi connectivity index (χ2n) is 3.85. The van der Waals surface area contributed by atoms with E-state index in [0.717, 1.165) is 0 Å². The fourth-order valence-corrected chi connectivity index (χ4v) is 1.88. The van der Waals surface area contributed by atoms with E-state index in [9.17, 15) is 14.7 Å². The first-order valence-electron chi connectivity index (χ1n) is 5.43. The molecule has 0 unspecified atom stereocenters. The van der Waals surface area contributed by atoms with Crippen LogP contribution >= 0.6 is 0 Å². The van der Waals surface area contributed by atoms with Crippen molar-refractivity contribution >= 4 is 12.1 Å². The fourth-order valence-electron chi connectivity index (χ4n) is 1.88. The number of likely N-dealkylation sites (tertiary alicyclic amines) is 1. The molecule has 0 radical (unpaired) electrons. The lowest BCUT2D eigenvalue weighted by molar-refractivity contribution is -0.310. The largest absolute Gasteiger partial charge is 0.548 e. The lowest BCUT2D eigenvalue weighted by Crippen LogP contribution is -2.47. The Labute approximate surface area is 98.6 Å². The van der Waals surface area contributed by atoms with E-state index in [1.165, 1.54) is 4.90 Å². The minimum atomic E-state index is -1.23. The van der Waals surface area contributed by atoms with Gasteiger partial charge in [-0.3, -0.25) is 4.90 Å². The van der Waals surface area contributed by atoms with Gasteiger partial charge >= 0.3 is 6.09 Å². The van der Waals surface area contributed by atoms with Crippen molar-refractivity contribution in [2.45, 2.75) is 18.9 Å². The third-order valence-electron chi connectivity index (χ3n) is 2.71. The number of hydrogen-bond donors (Lipinski definition) is 0. The molecule has 1 aliphatic heterocycles. The van der Waals surface area contributed by atoms with Crippen molar-refractivity contribution < 1.29 is 19.4 Å². The maximum Gasteiger partial charge on any atom is 0.415 e. The van der Waals surface area contributed by atoms with Crippen LogP contribution in [0.2, 0.25) is 0 Å². The number of carbonyl (C=O) groups excluding carboxylic acids is 2. The number of para-hydroxylation sites is 1. The van der Waals surface area contributed by atoms with E-state index in [1.807, 2.05) is 0 Å². The van der Waals surface area contributed by atoms with E-state index < -0.39 is 18.1 Å². The normalized spacial score (nSPS) is 19.1. The summed E-state index contributed by atoms with van der Waals surface area (Å²) in [6.45, 7) is 0.393. The van der Waals surface area contributed by atoms with Crippen molar-refractivity contribution in [3.63, 3.8) is 0 Å². The summed E-state index contributed by atoms with van der Waals surface area (Å²) < 4.78 is 5.07. The average Bonchev–Trinajstić information content (AvgIpc) is 2.79. The summed E-state index contributed by atoms with van der Waals surface area (Å²) in [5.74, 6) is -0.825. The summed E-state index contributed by atoms with van der Waals surface area (Å²) in [6, 6.07) is 7.69. The Balaban J connectivity index is 2.03. The van der Waals surface area contributed by atoms with Crippen molar-refractivity contribution in [1.29, 1.82) is 0 Å². The van der Waals surface area contributed by atoms with Crippen LogP contribution < -0.4 is 9.84 Å². The second kappa shape index (κ2) is 4.86. The summed E-state index contributed by atoms with van der Waals surface area (Å²) in [4.78, 5) is 23.7. The highest BCUT2D eigenvalue weighted by Crippen LogP contribution is 2.19. The molecule has 0 spiro atoms. The van der Waals surface area contributed by atoms with Crippen molar-refractivity contribution in [3.05, 3.63) is 30.3 Å². The molecule has 1 fully saturated rings. The van der Waals surface area contributed by atoms with Crippen LogP contribution in [0.1, 0.15) is 12.8 Å². The molecule has 0 aromatic heterocycles. The van der Waals surface area contributed by atoms with Crippen LogP contribution in [0.15, 0.2) is 30.3 Å². The van der Waals surface area contributed by atoms with Crippen molar-refractivity contribution in [1.82, 2.24) is 4.90 Å². The maximum atomic E-state index is 11.7. The maximum absolute atomic E-state index is 11.7. The van der Waals surface area contributed by atoms with Gasteiger partial charge in [-0.15, -0.1) is 0 Å². The Morgan fingerprint density at radius 1 is 1.29 bits per heavy atom. The summed E-state index contributed by atoms with van der Waals surface area (Å²) in [7, 11) is 0. The van der Waals surface area contributed by atoms with Crippen LogP contribution in [0, 0.1) is 0 Å². The van der Waals surface area contributed by atoms with Gasteiger partial charge in [-0.05, 0) is 25.0 Å². The highest BCUT2D eigenvalue weighted by Gasteiger charge is 2.30. The van der Waals surface area contributed by atoms with Crippen molar-refractivity contribution in [2.75, 3.05) is 6.54 Å². The molecule has 5 heteroatoms. The van der Waals surface area contributed by atoms with Crippen LogP contribution in [0.3, 0.4) is 0 Å². The number of aliphatic carboxylic acids is 1. The molecule has 1 aliphatic rings. The number of carboxylic acid groups (broad SMARTS) is 1. The summed E-state index contributed by atoms with van der Waals surface area (Å²) in [6.07, 6.45) is 0.442. The summed E-state index contributed by atoms with van der Waals surface area (Å²) >= 11 is 0. The van der Waals surface area contributed by atoms with E-state index in [4.69, 9.17) is 4.74 Å². The van der Waals surface area contributed by atoms with Gasteiger partial charge in [0.1, 0.15) is 5.75 Å². The number of nitrogens with zero attached hydrogens (tertiary/aromatic N) is 1. The van der Waals surface area contributed by atoms with Gasteiger partial charge in [0.15, 0.2) is 0 Å². The Morgan fingerprint density at radius 3 is 2.65 bits per heavy atom. The van der Waals surface area contributed by atoms with Gasteiger partial charge in [-0.1, -0.05) is 18.2 Å². The molecule has 1 heterocycles. The van der Waals surface area contributed by atoms with E-state index in [1.54, 1.807) is 30.3 Å².